The third-order valence-corrected chi connectivity index (χ3v) is 4.35. The normalized spacial score (nSPS) is 12.7. The molecule has 2 rings (SSSR count). The largest absolute Gasteiger partial charge is 0.493 e. The number of amides is 1. The maximum atomic E-state index is 12.2. The van der Waals surface area contributed by atoms with Crippen LogP contribution in [0.1, 0.15) is 18.9 Å². The number of aliphatic carboxylic acids is 1. The van der Waals surface area contributed by atoms with Crippen molar-refractivity contribution in [2.45, 2.75) is 18.8 Å². The molecule has 6 heteroatoms. The summed E-state index contributed by atoms with van der Waals surface area (Å²) >= 11 is 0. The summed E-state index contributed by atoms with van der Waals surface area (Å²) in [5, 5.41) is 12.4. The van der Waals surface area contributed by atoms with Crippen LogP contribution in [0.2, 0.25) is 0 Å². The van der Waals surface area contributed by atoms with E-state index >= 15 is 0 Å². The van der Waals surface area contributed by atoms with E-state index < -0.39 is 17.3 Å². The predicted molar refractivity (Wildman–Crippen MR) is 97.5 cm³/mol. The van der Waals surface area contributed by atoms with Gasteiger partial charge in [0.15, 0.2) is 18.1 Å². The van der Waals surface area contributed by atoms with E-state index in [1.54, 1.807) is 55.5 Å². The predicted octanol–water partition coefficient (Wildman–Crippen LogP) is 2.62. The molecule has 0 radical (unpaired) electrons. The maximum Gasteiger partial charge on any atom is 0.315 e. The highest BCUT2D eigenvalue weighted by atomic mass is 16.5. The summed E-state index contributed by atoms with van der Waals surface area (Å²) < 4.78 is 10.6. The zero-order valence-corrected chi connectivity index (χ0v) is 14.9. The number of methoxy groups -OCH3 is 1. The molecule has 26 heavy (non-hydrogen) atoms. The molecule has 138 valence electrons. The van der Waals surface area contributed by atoms with Gasteiger partial charge < -0.3 is 19.9 Å². The first-order valence-electron chi connectivity index (χ1n) is 8.35. The zero-order chi connectivity index (χ0) is 19.0. The van der Waals surface area contributed by atoms with Crippen LogP contribution in [0.15, 0.2) is 54.6 Å². The molecule has 0 aliphatic carbocycles. The number of hydrogen-bond acceptors (Lipinski definition) is 4. The Morgan fingerprint density at radius 3 is 2.23 bits per heavy atom. The minimum absolute atomic E-state index is 0.0169. The molecule has 0 aliphatic heterocycles. The first kappa shape index (κ1) is 19.3. The Kier molecular flexibility index (Phi) is 6.60. The van der Waals surface area contributed by atoms with Crippen LogP contribution in [0.3, 0.4) is 0 Å². The van der Waals surface area contributed by atoms with Gasteiger partial charge in [-0.3, -0.25) is 9.59 Å². The summed E-state index contributed by atoms with van der Waals surface area (Å²) in [4.78, 5) is 24.1. The van der Waals surface area contributed by atoms with Crippen LogP contribution in [0.4, 0.5) is 0 Å². The smallest absolute Gasteiger partial charge is 0.315 e. The number of carboxylic acids is 1. The molecule has 1 unspecified atom stereocenters. The third kappa shape index (κ3) is 4.33. The fraction of sp³-hybridized carbons (Fsp3) is 0.300. The van der Waals surface area contributed by atoms with Crippen LogP contribution in [-0.4, -0.2) is 37.2 Å². The lowest BCUT2D eigenvalue weighted by Crippen LogP contribution is -2.47. The summed E-state index contributed by atoms with van der Waals surface area (Å²) in [6.07, 6.45) is 0.347. The van der Waals surface area contributed by atoms with Gasteiger partial charge in [0, 0.05) is 6.54 Å². The highest BCUT2D eigenvalue weighted by Gasteiger charge is 2.38. The average Bonchev–Trinajstić information content (AvgIpc) is 2.68. The molecule has 0 fully saturated rings. The van der Waals surface area contributed by atoms with E-state index in [9.17, 15) is 14.7 Å². The number of hydrogen-bond donors (Lipinski definition) is 2. The molecule has 2 aromatic carbocycles. The number of carbonyl (C=O) groups is 2. The second-order valence-corrected chi connectivity index (χ2v) is 5.82. The lowest BCUT2D eigenvalue weighted by molar-refractivity contribution is -0.144. The van der Waals surface area contributed by atoms with Gasteiger partial charge in [-0.15, -0.1) is 0 Å². The van der Waals surface area contributed by atoms with Crippen LogP contribution in [0, 0.1) is 0 Å². The van der Waals surface area contributed by atoms with E-state index in [1.807, 2.05) is 6.07 Å². The zero-order valence-electron chi connectivity index (χ0n) is 14.9. The number of carboxylic acid groups (broad SMARTS) is 1. The van der Waals surface area contributed by atoms with Gasteiger partial charge in [0.25, 0.3) is 5.91 Å². The molecule has 1 amide bonds. The van der Waals surface area contributed by atoms with Crippen LogP contribution >= 0.6 is 0 Å². The SMILES string of the molecule is CCC(CNC(=O)COc1ccccc1OC)(C(=O)O)c1ccccc1. The van der Waals surface area contributed by atoms with Crippen molar-refractivity contribution >= 4 is 11.9 Å². The van der Waals surface area contributed by atoms with Crippen LogP contribution in [0.5, 0.6) is 11.5 Å². The molecule has 2 N–H and O–H groups in total. The van der Waals surface area contributed by atoms with E-state index in [4.69, 9.17) is 9.47 Å². The molecule has 6 nitrogen and oxygen atoms in total. The monoisotopic (exact) mass is 357 g/mol. The van der Waals surface area contributed by atoms with Crippen molar-refractivity contribution in [3.05, 3.63) is 60.2 Å². The molecule has 0 saturated carbocycles. The van der Waals surface area contributed by atoms with Gasteiger partial charge in [-0.05, 0) is 24.1 Å². The molecular formula is C20H23NO5. The quantitative estimate of drug-likeness (QED) is 0.721. The number of rotatable bonds is 9. The number of para-hydroxylation sites is 2. The topological polar surface area (TPSA) is 84.9 Å². The van der Waals surface area contributed by atoms with E-state index in [1.165, 1.54) is 7.11 Å². The third-order valence-electron chi connectivity index (χ3n) is 4.35. The standard InChI is InChI=1S/C20H23NO5/c1-3-20(19(23)24,15-9-5-4-6-10-15)14-21-18(22)13-26-17-12-8-7-11-16(17)25-2/h4-12H,3,13-14H2,1-2H3,(H,21,22)(H,23,24). The highest BCUT2D eigenvalue weighted by Crippen LogP contribution is 2.28. The van der Waals surface area contributed by atoms with Crippen molar-refractivity contribution in [1.29, 1.82) is 0 Å². The molecule has 1 atom stereocenters. The fourth-order valence-electron chi connectivity index (χ4n) is 2.72. The summed E-state index contributed by atoms with van der Waals surface area (Å²) in [6, 6.07) is 15.9. The fourth-order valence-corrected chi connectivity index (χ4v) is 2.72. The number of benzene rings is 2. The number of ether oxygens (including phenoxy) is 2. The van der Waals surface area contributed by atoms with Crippen molar-refractivity contribution in [3.63, 3.8) is 0 Å². The van der Waals surface area contributed by atoms with Crippen molar-refractivity contribution in [2.75, 3.05) is 20.3 Å². The Hall–Kier alpha value is -3.02. The minimum atomic E-state index is -1.18. The van der Waals surface area contributed by atoms with Gasteiger partial charge in [0.1, 0.15) is 5.41 Å². The van der Waals surface area contributed by atoms with Crippen LogP contribution in [-0.2, 0) is 15.0 Å². The summed E-state index contributed by atoms with van der Waals surface area (Å²) in [6.45, 7) is 1.55. The first-order chi connectivity index (χ1) is 12.5. The van der Waals surface area contributed by atoms with E-state index in [2.05, 4.69) is 5.32 Å². The Balaban J connectivity index is 2.02. The van der Waals surface area contributed by atoms with Crippen molar-refractivity contribution in [3.8, 4) is 11.5 Å². The average molecular weight is 357 g/mol. The molecule has 0 saturated heterocycles. The molecule has 2 aromatic rings. The molecule has 0 aromatic heterocycles. The highest BCUT2D eigenvalue weighted by molar-refractivity contribution is 5.84. The maximum absolute atomic E-state index is 12.2. The molecule has 0 spiro atoms. The van der Waals surface area contributed by atoms with Gasteiger partial charge in [0.2, 0.25) is 0 Å². The summed E-state index contributed by atoms with van der Waals surface area (Å²) in [5.41, 5.74) is -0.526. The van der Waals surface area contributed by atoms with Crippen molar-refractivity contribution < 1.29 is 24.2 Å². The van der Waals surface area contributed by atoms with E-state index in [0.717, 1.165) is 0 Å². The van der Waals surface area contributed by atoms with Gasteiger partial charge in [0.05, 0.1) is 7.11 Å². The summed E-state index contributed by atoms with van der Waals surface area (Å²) in [5.74, 6) is -0.394. The first-order valence-corrected chi connectivity index (χ1v) is 8.35. The Labute approximate surface area is 152 Å². The number of nitrogens with one attached hydrogen (secondary N) is 1. The second kappa shape index (κ2) is 8.89. The molecule has 0 bridgehead atoms. The lowest BCUT2D eigenvalue weighted by Gasteiger charge is -2.29. The van der Waals surface area contributed by atoms with E-state index in [-0.39, 0.29) is 13.2 Å². The molecule has 0 aliphatic rings. The van der Waals surface area contributed by atoms with Crippen LogP contribution < -0.4 is 14.8 Å². The lowest BCUT2D eigenvalue weighted by atomic mass is 9.78. The minimum Gasteiger partial charge on any atom is -0.493 e. The van der Waals surface area contributed by atoms with Crippen LogP contribution in [0.25, 0.3) is 0 Å². The van der Waals surface area contributed by atoms with Gasteiger partial charge in [-0.25, -0.2) is 0 Å². The van der Waals surface area contributed by atoms with Gasteiger partial charge in [-0.2, -0.15) is 0 Å². The van der Waals surface area contributed by atoms with Crippen molar-refractivity contribution in [1.82, 2.24) is 5.32 Å². The molecular weight excluding hydrogens is 334 g/mol. The Bertz CT molecular complexity index is 747. The van der Waals surface area contributed by atoms with Crippen molar-refractivity contribution in [2.24, 2.45) is 0 Å². The molecule has 0 heterocycles. The Morgan fingerprint density at radius 2 is 1.65 bits per heavy atom. The van der Waals surface area contributed by atoms with Gasteiger partial charge in [-0.1, -0.05) is 49.4 Å². The van der Waals surface area contributed by atoms with Gasteiger partial charge >= 0.3 is 5.97 Å². The van der Waals surface area contributed by atoms with E-state index in [0.29, 0.717) is 23.5 Å². The summed E-state index contributed by atoms with van der Waals surface area (Å²) in [7, 11) is 1.52. The Morgan fingerprint density at radius 1 is 1.04 bits per heavy atom. The second-order valence-electron chi connectivity index (χ2n) is 5.82. The number of carbonyl (C=O) groups excluding carboxylic acids is 1.